The lowest BCUT2D eigenvalue weighted by molar-refractivity contribution is -0.130. The number of nitrogens with two attached hydrogens (primary N) is 1. The van der Waals surface area contributed by atoms with Gasteiger partial charge < -0.3 is 15.1 Å². The summed E-state index contributed by atoms with van der Waals surface area (Å²) in [5.41, 5.74) is 5.50. The quantitative estimate of drug-likeness (QED) is 0.818. The van der Waals surface area contributed by atoms with Crippen molar-refractivity contribution in [3.63, 3.8) is 0 Å². The Hall–Kier alpha value is -1.29. The van der Waals surface area contributed by atoms with E-state index in [-0.39, 0.29) is 11.8 Å². The van der Waals surface area contributed by atoms with Crippen molar-refractivity contribution in [2.45, 2.75) is 26.7 Å². The molecule has 0 spiro atoms. The minimum Gasteiger partial charge on any atom is -0.466 e. The zero-order valence-corrected chi connectivity index (χ0v) is 10.9. The maximum Gasteiger partial charge on any atom is 0.222 e. The largest absolute Gasteiger partial charge is 0.466 e. The van der Waals surface area contributed by atoms with Crippen LogP contribution in [0.5, 0.6) is 0 Å². The van der Waals surface area contributed by atoms with Gasteiger partial charge in [-0.1, -0.05) is 6.92 Å². The van der Waals surface area contributed by atoms with Gasteiger partial charge in [0.15, 0.2) is 0 Å². The highest BCUT2D eigenvalue weighted by Crippen LogP contribution is 2.08. The molecule has 0 aliphatic carbocycles. The summed E-state index contributed by atoms with van der Waals surface area (Å²) < 4.78 is 5.46. The Balaban J connectivity index is 2.33. The van der Waals surface area contributed by atoms with E-state index in [0.717, 1.165) is 17.9 Å². The topological polar surface area (TPSA) is 59.5 Å². The molecule has 1 heterocycles. The number of furan rings is 1. The van der Waals surface area contributed by atoms with E-state index in [1.807, 2.05) is 33.0 Å². The fraction of sp³-hybridized carbons (Fsp3) is 0.615. The summed E-state index contributed by atoms with van der Waals surface area (Å²) >= 11 is 0. The van der Waals surface area contributed by atoms with Crippen molar-refractivity contribution in [1.82, 2.24) is 4.90 Å². The minimum absolute atomic E-state index is 0.145. The molecule has 96 valence electrons. The van der Waals surface area contributed by atoms with Crippen molar-refractivity contribution in [1.29, 1.82) is 0 Å². The average molecular weight is 238 g/mol. The molecule has 1 unspecified atom stereocenters. The second-order valence-electron chi connectivity index (χ2n) is 4.62. The Kier molecular flexibility index (Phi) is 5.22. The monoisotopic (exact) mass is 238 g/mol. The Bertz CT molecular complexity index is 360. The molecule has 1 atom stereocenters. The predicted octanol–water partition coefficient (Wildman–Crippen LogP) is 1.57. The molecule has 1 rings (SSSR count). The molecule has 0 radical (unpaired) electrons. The van der Waals surface area contributed by atoms with Crippen molar-refractivity contribution in [2.75, 3.05) is 20.1 Å². The van der Waals surface area contributed by atoms with Gasteiger partial charge in [-0.25, -0.2) is 0 Å². The summed E-state index contributed by atoms with van der Waals surface area (Å²) in [6, 6.07) is 3.89. The van der Waals surface area contributed by atoms with Gasteiger partial charge in [0.05, 0.1) is 0 Å². The Morgan fingerprint density at radius 1 is 1.53 bits per heavy atom. The third-order valence-electron chi connectivity index (χ3n) is 2.84. The van der Waals surface area contributed by atoms with Crippen LogP contribution < -0.4 is 5.73 Å². The SMILES string of the molecule is Cc1ccc(CCN(C)C(=O)CC(C)CN)o1. The lowest BCUT2D eigenvalue weighted by atomic mass is 10.1. The summed E-state index contributed by atoms with van der Waals surface area (Å²) in [5, 5.41) is 0. The molecule has 0 aliphatic heterocycles. The molecule has 0 fully saturated rings. The van der Waals surface area contributed by atoms with E-state index in [4.69, 9.17) is 10.2 Å². The van der Waals surface area contributed by atoms with Gasteiger partial charge in [-0.3, -0.25) is 4.79 Å². The highest BCUT2D eigenvalue weighted by molar-refractivity contribution is 5.76. The first-order valence-electron chi connectivity index (χ1n) is 6.02. The number of nitrogens with zero attached hydrogens (tertiary/aromatic N) is 1. The van der Waals surface area contributed by atoms with Crippen molar-refractivity contribution in [3.05, 3.63) is 23.7 Å². The molecule has 0 aliphatic rings. The Labute approximate surface area is 103 Å². The maximum absolute atomic E-state index is 11.8. The second kappa shape index (κ2) is 6.45. The fourth-order valence-electron chi connectivity index (χ4n) is 1.56. The molecule has 17 heavy (non-hydrogen) atoms. The lowest BCUT2D eigenvalue weighted by Gasteiger charge is -2.18. The number of carbonyl (C=O) groups excluding carboxylic acids is 1. The molecule has 4 nitrogen and oxygen atoms in total. The molecule has 1 aromatic heterocycles. The van der Waals surface area contributed by atoms with Crippen LogP contribution in [-0.2, 0) is 11.2 Å². The number of rotatable bonds is 6. The molecule has 1 aromatic rings. The van der Waals surface area contributed by atoms with Crippen LogP contribution in [0.15, 0.2) is 16.5 Å². The van der Waals surface area contributed by atoms with Crippen LogP contribution in [0, 0.1) is 12.8 Å². The zero-order valence-electron chi connectivity index (χ0n) is 10.9. The van der Waals surface area contributed by atoms with E-state index in [1.54, 1.807) is 4.90 Å². The molecule has 0 aromatic carbocycles. The molecule has 0 saturated heterocycles. The van der Waals surface area contributed by atoms with Crippen LogP contribution in [0.1, 0.15) is 24.9 Å². The Morgan fingerprint density at radius 2 is 2.24 bits per heavy atom. The fourth-order valence-corrected chi connectivity index (χ4v) is 1.56. The number of aryl methyl sites for hydroxylation is 1. The third-order valence-corrected chi connectivity index (χ3v) is 2.84. The summed E-state index contributed by atoms with van der Waals surface area (Å²) in [7, 11) is 1.82. The molecule has 2 N–H and O–H groups in total. The summed E-state index contributed by atoms with van der Waals surface area (Å²) in [6.45, 7) is 5.14. The van der Waals surface area contributed by atoms with Crippen molar-refractivity contribution >= 4 is 5.91 Å². The van der Waals surface area contributed by atoms with E-state index in [0.29, 0.717) is 19.5 Å². The van der Waals surface area contributed by atoms with Gasteiger partial charge in [0.1, 0.15) is 11.5 Å². The van der Waals surface area contributed by atoms with Gasteiger partial charge in [0, 0.05) is 26.4 Å². The van der Waals surface area contributed by atoms with Crippen molar-refractivity contribution in [2.24, 2.45) is 11.7 Å². The third kappa shape index (κ3) is 4.61. The summed E-state index contributed by atoms with van der Waals surface area (Å²) in [5.74, 6) is 2.22. The van der Waals surface area contributed by atoms with Gasteiger partial charge >= 0.3 is 0 Å². The van der Waals surface area contributed by atoms with Crippen molar-refractivity contribution < 1.29 is 9.21 Å². The predicted molar refractivity (Wildman–Crippen MR) is 67.6 cm³/mol. The maximum atomic E-state index is 11.8. The molecule has 1 amide bonds. The number of carbonyl (C=O) groups is 1. The number of hydrogen-bond acceptors (Lipinski definition) is 3. The van der Waals surface area contributed by atoms with E-state index in [2.05, 4.69) is 0 Å². The van der Waals surface area contributed by atoms with Crippen LogP contribution in [-0.4, -0.2) is 30.9 Å². The van der Waals surface area contributed by atoms with Crippen LogP contribution in [0.2, 0.25) is 0 Å². The van der Waals surface area contributed by atoms with E-state index in [9.17, 15) is 4.79 Å². The lowest BCUT2D eigenvalue weighted by Crippen LogP contribution is -2.31. The van der Waals surface area contributed by atoms with Crippen LogP contribution in [0.25, 0.3) is 0 Å². The van der Waals surface area contributed by atoms with Crippen LogP contribution in [0.3, 0.4) is 0 Å². The normalized spacial score (nSPS) is 12.5. The number of hydrogen-bond donors (Lipinski definition) is 1. The molecular weight excluding hydrogens is 216 g/mol. The standard InChI is InChI=1S/C13H22N2O2/c1-10(9-14)8-13(16)15(3)7-6-12-5-4-11(2)17-12/h4-5,10H,6-9,14H2,1-3H3. The Morgan fingerprint density at radius 3 is 2.76 bits per heavy atom. The summed E-state index contributed by atoms with van der Waals surface area (Å²) in [6.07, 6.45) is 1.28. The van der Waals surface area contributed by atoms with Gasteiger partial charge in [0.25, 0.3) is 0 Å². The van der Waals surface area contributed by atoms with Crippen molar-refractivity contribution in [3.8, 4) is 0 Å². The van der Waals surface area contributed by atoms with E-state index >= 15 is 0 Å². The van der Waals surface area contributed by atoms with Crippen LogP contribution in [0.4, 0.5) is 0 Å². The van der Waals surface area contributed by atoms with Gasteiger partial charge in [-0.15, -0.1) is 0 Å². The first-order valence-corrected chi connectivity index (χ1v) is 6.02. The molecule has 4 heteroatoms. The van der Waals surface area contributed by atoms with Crippen LogP contribution >= 0.6 is 0 Å². The average Bonchev–Trinajstić information content (AvgIpc) is 2.71. The zero-order chi connectivity index (χ0) is 12.8. The molecule has 0 saturated carbocycles. The summed E-state index contributed by atoms with van der Waals surface area (Å²) in [4.78, 5) is 13.5. The number of amides is 1. The number of likely N-dealkylation sites (N-methyl/N-ethyl adjacent to an activating group) is 1. The van der Waals surface area contributed by atoms with Gasteiger partial charge in [-0.2, -0.15) is 0 Å². The molecular formula is C13H22N2O2. The second-order valence-corrected chi connectivity index (χ2v) is 4.62. The highest BCUT2D eigenvalue weighted by Gasteiger charge is 2.12. The van der Waals surface area contributed by atoms with E-state index < -0.39 is 0 Å². The van der Waals surface area contributed by atoms with Gasteiger partial charge in [0.2, 0.25) is 5.91 Å². The highest BCUT2D eigenvalue weighted by atomic mass is 16.3. The first kappa shape index (κ1) is 13.8. The van der Waals surface area contributed by atoms with E-state index in [1.165, 1.54) is 0 Å². The van der Waals surface area contributed by atoms with Gasteiger partial charge in [-0.05, 0) is 31.5 Å². The smallest absolute Gasteiger partial charge is 0.222 e. The molecule has 0 bridgehead atoms. The minimum atomic E-state index is 0.145. The first-order chi connectivity index (χ1) is 8.02.